The first-order valence-corrected chi connectivity index (χ1v) is 8.92. The molecule has 2 aliphatic heterocycles. The van der Waals surface area contributed by atoms with Crippen LogP contribution in [0.25, 0.3) is 0 Å². The maximum Gasteiger partial charge on any atom is 0.270 e. The molecule has 1 aromatic carbocycles. The second-order valence-corrected chi connectivity index (χ2v) is 7.36. The van der Waals surface area contributed by atoms with Crippen LogP contribution in [0.5, 0.6) is 5.75 Å². The van der Waals surface area contributed by atoms with Gasteiger partial charge >= 0.3 is 0 Å². The van der Waals surface area contributed by atoms with E-state index in [4.69, 9.17) is 4.74 Å². The van der Waals surface area contributed by atoms with E-state index in [0.717, 1.165) is 42.9 Å². The first-order chi connectivity index (χ1) is 12.1. The summed E-state index contributed by atoms with van der Waals surface area (Å²) in [6.45, 7) is 3.22. The van der Waals surface area contributed by atoms with Crippen LogP contribution in [0.1, 0.15) is 28.9 Å². The molecule has 1 aromatic heterocycles. The Labute approximate surface area is 148 Å². The highest BCUT2D eigenvalue weighted by Crippen LogP contribution is 2.35. The Morgan fingerprint density at radius 1 is 1.08 bits per heavy atom. The van der Waals surface area contributed by atoms with Crippen LogP contribution in [-0.2, 0) is 13.6 Å². The van der Waals surface area contributed by atoms with E-state index in [-0.39, 0.29) is 11.5 Å². The van der Waals surface area contributed by atoms with Crippen molar-refractivity contribution in [2.75, 3.05) is 26.7 Å². The normalized spacial score (nSPS) is 20.0. The fraction of sp³-hybridized carbons (Fsp3) is 0.450. The summed E-state index contributed by atoms with van der Waals surface area (Å²) >= 11 is 0. The smallest absolute Gasteiger partial charge is 0.270 e. The van der Waals surface area contributed by atoms with Crippen LogP contribution in [0.3, 0.4) is 0 Å². The molecule has 4 rings (SSSR count). The van der Waals surface area contributed by atoms with Gasteiger partial charge in [0.1, 0.15) is 17.0 Å². The first-order valence-electron chi connectivity index (χ1n) is 8.92. The zero-order valence-electron chi connectivity index (χ0n) is 14.9. The molecule has 5 nitrogen and oxygen atoms in total. The number of hydrogen-bond donors (Lipinski definition) is 0. The fourth-order valence-electron chi connectivity index (χ4n) is 3.88. The summed E-state index contributed by atoms with van der Waals surface area (Å²) in [6, 6.07) is 11.9. The van der Waals surface area contributed by atoms with Crippen molar-refractivity contribution in [2.45, 2.75) is 25.0 Å². The minimum Gasteiger partial charge on any atom is -0.485 e. The summed E-state index contributed by atoms with van der Waals surface area (Å²) in [6.07, 6.45) is 3.80. The quantitative estimate of drug-likeness (QED) is 0.801. The molecule has 1 amide bonds. The summed E-state index contributed by atoms with van der Waals surface area (Å²) in [5.74, 6) is 1.00. The van der Waals surface area contributed by atoms with Gasteiger partial charge in [0, 0.05) is 51.3 Å². The molecule has 25 heavy (non-hydrogen) atoms. The Hall–Kier alpha value is -2.27. The third-order valence-electron chi connectivity index (χ3n) is 5.49. The highest BCUT2D eigenvalue weighted by atomic mass is 16.5. The zero-order valence-corrected chi connectivity index (χ0v) is 14.9. The van der Waals surface area contributed by atoms with Crippen LogP contribution >= 0.6 is 0 Å². The highest BCUT2D eigenvalue weighted by Gasteiger charge is 2.41. The maximum absolute atomic E-state index is 13.2. The molecule has 0 bridgehead atoms. The lowest BCUT2D eigenvalue weighted by Gasteiger charge is -2.41. The van der Waals surface area contributed by atoms with E-state index in [9.17, 15) is 4.79 Å². The highest BCUT2D eigenvalue weighted by molar-refractivity contribution is 5.92. The average molecular weight is 339 g/mol. The van der Waals surface area contributed by atoms with Gasteiger partial charge in [0.2, 0.25) is 0 Å². The van der Waals surface area contributed by atoms with E-state index in [0.29, 0.717) is 13.1 Å². The van der Waals surface area contributed by atoms with E-state index >= 15 is 0 Å². The van der Waals surface area contributed by atoms with Crippen molar-refractivity contribution in [3.05, 3.63) is 53.9 Å². The van der Waals surface area contributed by atoms with Crippen molar-refractivity contribution in [3.63, 3.8) is 0 Å². The molecular weight excluding hydrogens is 314 g/mol. The molecule has 0 saturated carbocycles. The van der Waals surface area contributed by atoms with Crippen LogP contribution < -0.4 is 4.74 Å². The number of amides is 1. The maximum atomic E-state index is 13.2. The van der Waals surface area contributed by atoms with Crippen molar-refractivity contribution in [2.24, 2.45) is 7.05 Å². The molecular formula is C20H25N3O2. The summed E-state index contributed by atoms with van der Waals surface area (Å²) in [5.41, 5.74) is 1.52. The van der Waals surface area contributed by atoms with Gasteiger partial charge in [0.15, 0.2) is 0 Å². The number of rotatable bonds is 1. The molecule has 1 fully saturated rings. The molecule has 2 aromatic rings. The second-order valence-electron chi connectivity index (χ2n) is 7.36. The average Bonchev–Trinajstić information content (AvgIpc) is 2.96. The van der Waals surface area contributed by atoms with Gasteiger partial charge < -0.3 is 19.1 Å². The van der Waals surface area contributed by atoms with Gasteiger partial charge in [-0.25, -0.2) is 0 Å². The number of fused-ring (bicyclic) bond motifs is 1. The molecule has 132 valence electrons. The van der Waals surface area contributed by atoms with Crippen molar-refractivity contribution in [3.8, 4) is 5.75 Å². The van der Waals surface area contributed by atoms with Crippen molar-refractivity contribution in [1.29, 1.82) is 0 Å². The number of aryl methyl sites for hydroxylation is 1. The van der Waals surface area contributed by atoms with Crippen LogP contribution in [0.15, 0.2) is 42.6 Å². The number of para-hydroxylation sites is 1. The van der Waals surface area contributed by atoms with Crippen molar-refractivity contribution in [1.82, 2.24) is 14.4 Å². The molecule has 1 spiro atoms. The molecule has 2 aliphatic rings. The van der Waals surface area contributed by atoms with Crippen molar-refractivity contribution < 1.29 is 9.53 Å². The topological polar surface area (TPSA) is 37.7 Å². The monoisotopic (exact) mass is 339 g/mol. The minimum absolute atomic E-state index is 0.0751. The number of nitrogens with zero attached hydrogens (tertiary/aromatic N) is 3. The van der Waals surface area contributed by atoms with Gasteiger partial charge in [0.25, 0.3) is 5.91 Å². The largest absolute Gasteiger partial charge is 0.485 e. The van der Waals surface area contributed by atoms with E-state index in [2.05, 4.69) is 18.0 Å². The van der Waals surface area contributed by atoms with E-state index < -0.39 is 0 Å². The predicted octanol–water partition coefficient (Wildman–Crippen LogP) is 2.52. The van der Waals surface area contributed by atoms with Crippen LogP contribution in [0.2, 0.25) is 0 Å². The molecule has 0 atom stereocenters. The molecule has 0 aliphatic carbocycles. The van der Waals surface area contributed by atoms with Gasteiger partial charge in [-0.2, -0.15) is 0 Å². The fourth-order valence-corrected chi connectivity index (χ4v) is 3.88. The minimum atomic E-state index is -0.292. The number of piperidine rings is 1. The van der Waals surface area contributed by atoms with E-state index in [1.165, 1.54) is 0 Å². The Kier molecular flexibility index (Phi) is 4.04. The molecule has 5 heteroatoms. The van der Waals surface area contributed by atoms with E-state index in [1.54, 1.807) is 0 Å². The summed E-state index contributed by atoms with van der Waals surface area (Å²) < 4.78 is 8.42. The lowest BCUT2D eigenvalue weighted by molar-refractivity contribution is -0.0105. The number of carbonyl (C=O) groups is 1. The van der Waals surface area contributed by atoms with Crippen LogP contribution in [0.4, 0.5) is 0 Å². The van der Waals surface area contributed by atoms with Gasteiger partial charge in [-0.1, -0.05) is 18.2 Å². The molecule has 3 heterocycles. The van der Waals surface area contributed by atoms with Gasteiger partial charge in [-0.3, -0.25) is 4.79 Å². The summed E-state index contributed by atoms with van der Waals surface area (Å²) in [4.78, 5) is 17.5. The lowest BCUT2D eigenvalue weighted by atomic mass is 9.90. The second kappa shape index (κ2) is 6.23. The number of benzene rings is 1. The number of ether oxygens (including phenoxy) is 1. The van der Waals surface area contributed by atoms with Gasteiger partial charge in [0.05, 0.1) is 6.54 Å². The van der Waals surface area contributed by atoms with Gasteiger partial charge in [-0.05, 0) is 25.2 Å². The lowest BCUT2D eigenvalue weighted by Crippen LogP contribution is -2.53. The Morgan fingerprint density at radius 3 is 2.56 bits per heavy atom. The summed E-state index contributed by atoms with van der Waals surface area (Å²) in [5, 5.41) is 0. The molecule has 0 radical (unpaired) electrons. The van der Waals surface area contributed by atoms with E-state index in [1.807, 2.05) is 53.0 Å². The Balaban J connectivity index is 1.70. The number of hydrogen-bond acceptors (Lipinski definition) is 3. The SMILES string of the molecule is CN1CCC2(CC1)CN(C(=O)c1cccn1C)Cc1ccccc1O2. The first kappa shape index (κ1) is 16.2. The summed E-state index contributed by atoms with van der Waals surface area (Å²) in [7, 11) is 4.06. The number of aromatic nitrogens is 1. The third-order valence-corrected chi connectivity index (χ3v) is 5.49. The van der Waals surface area contributed by atoms with Gasteiger partial charge in [-0.15, -0.1) is 0 Å². The Morgan fingerprint density at radius 2 is 1.84 bits per heavy atom. The number of carbonyl (C=O) groups excluding carboxylic acids is 1. The zero-order chi connectivity index (χ0) is 17.4. The van der Waals surface area contributed by atoms with Crippen LogP contribution in [0, 0.1) is 0 Å². The standard InChI is InChI=1S/C20H25N3O2/c1-21-12-9-20(10-13-21)15-23(19(24)17-7-5-11-22(17)2)14-16-6-3-4-8-18(16)25-20/h3-8,11H,9-10,12-15H2,1-2H3. The predicted molar refractivity (Wildman–Crippen MR) is 96.7 cm³/mol. The molecule has 1 saturated heterocycles. The third kappa shape index (κ3) is 3.04. The molecule has 0 N–H and O–H groups in total. The van der Waals surface area contributed by atoms with Crippen molar-refractivity contribution >= 4 is 5.91 Å². The molecule has 0 unspecified atom stereocenters. The number of likely N-dealkylation sites (tertiary alicyclic amines) is 1. The Bertz CT molecular complexity index is 775. The van der Waals surface area contributed by atoms with Crippen LogP contribution in [-0.4, -0.2) is 52.6 Å².